The van der Waals surface area contributed by atoms with Crippen LogP contribution in [0.1, 0.15) is 33.6 Å². The van der Waals surface area contributed by atoms with Crippen LogP contribution in [0.2, 0.25) is 0 Å². The lowest BCUT2D eigenvalue weighted by Crippen LogP contribution is -2.56. The summed E-state index contributed by atoms with van der Waals surface area (Å²) < 4.78 is 0.680. The highest BCUT2D eigenvalue weighted by atomic mass is 16.4. The lowest BCUT2D eigenvalue weighted by Gasteiger charge is -2.36. The number of carbonyl (C=O) groups is 1. The lowest BCUT2D eigenvalue weighted by atomic mass is 9.77. The van der Waals surface area contributed by atoms with Crippen molar-refractivity contribution in [2.24, 2.45) is 5.41 Å². The van der Waals surface area contributed by atoms with Crippen LogP contribution in [0, 0.1) is 21.8 Å². The van der Waals surface area contributed by atoms with E-state index in [4.69, 9.17) is 10.4 Å². The van der Waals surface area contributed by atoms with Crippen molar-refractivity contribution in [2.75, 3.05) is 0 Å². The Bertz CT molecular complexity index is 417. The molecule has 1 heterocycles. The zero-order valence-electron chi connectivity index (χ0n) is 10.2. The second-order valence-electron chi connectivity index (χ2n) is 5.05. The molecule has 1 unspecified atom stereocenters. The zero-order valence-corrected chi connectivity index (χ0v) is 10.2. The molecule has 1 rings (SSSR count). The molecule has 1 atom stereocenters. The predicted octanol–water partition coefficient (Wildman–Crippen LogP) is 1.64. The molecule has 0 amide bonds. The number of nitroso groups, excluding NO2 is 1. The first-order valence-corrected chi connectivity index (χ1v) is 5.31. The number of carboxylic acids is 1. The third-order valence-electron chi connectivity index (χ3n) is 3.11. The summed E-state index contributed by atoms with van der Waals surface area (Å²) >= 11 is 0. The van der Waals surface area contributed by atoms with E-state index >= 15 is 0 Å². The van der Waals surface area contributed by atoms with Crippen molar-refractivity contribution in [3.8, 4) is 6.19 Å². The molecule has 0 fully saturated rings. The van der Waals surface area contributed by atoms with Crippen molar-refractivity contribution in [3.63, 3.8) is 0 Å². The quantitative estimate of drug-likeness (QED) is 0.596. The van der Waals surface area contributed by atoms with Crippen LogP contribution in [-0.4, -0.2) is 26.4 Å². The molecule has 0 saturated heterocycles. The first kappa shape index (κ1) is 13.2. The molecular weight excluding hydrogens is 222 g/mol. The molecular formula is C11H16N3O3+. The van der Waals surface area contributed by atoms with Gasteiger partial charge in [-0.15, -0.1) is 0 Å². The Morgan fingerprint density at radius 3 is 2.59 bits per heavy atom. The second kappa shape index (κ2) is 4.17. The van der Waals surface area contributed by atoms with Crippen LogP contribution >= 0.6 is 0 Å². The number of carboxylic acid groups (broad SMARTS) is 1. The van der Waals surface area contributed by atoms with E-state index in [-0.39, 0.29) is 12.8 Å². The van der Waals surface area contributed by atoms with Crippen LogP contribution < -0.4 is 0 Å². The van der Waals surface area contributed by atoms with E-state index in [2.05, 4.69) is 0 Å². The maximum atomic E-state index is 12.0. The van der Waals surface area contributed by atoms with Crippen LogP contribution in [0.3, 0.4) is 0 Å². The maximum absolute atomic E-state index is 12.0. The van der Waals surface area contributed by atoms with Gasteiger partial charge in [0, 0.05) is 11.3 Å². The number of nitrogens with zero attached hydrogens (tertiary/aromatic N) is 3. The van der Waals surface area contributed by atoms with E-state index in [0.717, 1.165) is 0 Å². The molecule has 1 aliphatic heterocycles. The number of hydrogen-bond acceptors (Lipinski definition) is 4. The van der Waals surface area contributed by atoms with E-state index in [0.29, 0.717) is 4.76 Å². The molecule has 92 valence electrons. The van der Waals surface area contributed by atoms with Gasteiger partial charge in [0.15, 0.2) is 6.19 Å². The topological polar surface area (TPSA) is 84.4 Å². The van der Waals surface area contributed by atoms with Crippen LogP contribution in [0.5, 0.6) is 0 Å². The number of nitriles is 1. The number of aliphatic carboxylic acids is 1. The molecule has 17 heavy (non-hydrogen) atoms. The fraction of sp³-hybridized carbons (Fsp3) is 0.636. The molecule has 0 aliphatic carbocycles. The van der Waals surface area contributed by atoms with Gasteiger partial charge in [0.2, 0.25) is 6.20 Å². The van der Waals surface area contributed by atoms with E-state index in [1.165, 1.54) is 17.3 Å². The fourth-order valence-electron chi connectivity index (χ4n) is 2.17. The van der Waals surface area contributed by atoms with Crippen molar-refractivity contribution in [2.45, 2.75) is 39.3 Å². The Morgan fingerprint density at radius 1 is 1.59 bits per heavy atom. The molecule has 0 bridgehead atoms. The molecule has 1 aliphatic rings. The Labute approximate surface area is 99.7 Å². The first-order valence-electron chi connectivity index (χ1n) is 5.31. The Morgan fingerprint density at radius 2 is 2.18 bits per heavy atom. The average Bonchev–Trinajstić information content (AvgIpc) is 2.52. The normalized spacial score (nSPS) is 23.9. The lowest BCUT2D eigenvalue weighted by molar-refractivity contribution is -0.600. The van der Waals surface area contributed by atoms with Crippen molar-refractivity contribution < 1.29 is 14.7 Å². The molecule has 0 radical (unpaired) electrons. The minimum Gasteiger partial charge on any atom is -0.481 e. The van der Waals surface area contributed by atoms with Crippen LogP contribution in [0.25, 0.3) is 0 Å². The van der Waals surface area contributed by atoms with Gasteiger partial charge in [-0.05, 0) is 0 Å². The summed E-state index contributed by atoms with van der Waals surface area (Å²) in [5, 5.41) is 17.8. The summed E-state index contributed by atoms with van der Waals surface area (Å²) in [6, 6.07) is 0. The monoisotopic (exact) mass is 238 g/mol. The second-order valence-corrected chi connectivity index (χ2v) is 5.05. The molecule has 6 nitrogen and oxygen atoms in total. The zero-order chi connectivity index (χ0) is 13.3. The summed E-state index contributed by atoms with van der Waals surface area (Å²) in [5.41, 5.74) is -1.70. The van der Waals surface area contributed by atoms with Gasteiger partial charge in [-0.25, -0.2) is 4.90 Å². The Balaban J connectivity index is 3.16. The summed E-state index contributed by atoms with van der Waals surface area (Å²) in [4.78, 5) is 23.9. The van der Waals surface area contributed by atoms with E-state index in [9.17, 15) is 9.70 Å². The Hall–Kier alpha value is -1.90. The van der Waals surface area contributed by atoms with Gasteiger partial charge in [0.25, 0.3) is 0 Å². The van der Waals surface area contributed by atoms with Crippen LogP contribution in [0.15, 0.2) is 12.4 Å². The SMILES string of the molecule is CC(C)(C)C1(CCC(=O)O)N(C#N)C=C[N+]1=O. The summed E-state index contributed by atoms with van der Waals surface area (Å²) in [6.07, 6.45) is 4.51. The van der Waals surface area contributed by atoms with Gasteiger partial charge < -0.3 is 5.11 Å². The molecule has 1 N–H and O–H groups in total. The van der Waals surface area contributed by atoms with Crippen molar-refractivity contribution in [1.82, 2.24) is 4.90 Å². The molecule has 0 aromatic heterocycles. The highest BCUT2D eigenvalue weighted by molar-refractivity contribution is 5.66. The fourth-order valence-corrected chi connectivity index (χ4v) is 2.17. The highest BCUT2D eigenvalue weighted by Crippen LogP contribution is 2.43. The third-order valence-corrected chi connectivity index (χ3v) is 3.11. The maximum Gasteiger partial charge on any atom is 0.308 e. The Kier molecular flexibility index (Phi) is 3.23. The number of hydrogen-bond donors (Lipinski definition) is 1. The van der Waals surface area contributed by atoms with Gasteiger partial charge in [-0.1, -0.05) is 20.8 Å². The molecule has 0 aromatic rings. The molecule has 0 saturated carbocycles. The van der Waals surface area contributed by atoms with Crippen LogP contribution in [-0.2, 0) is 4.79 Å². The van der Waals surface area contributed by atoms with E-state index in [1.807, 2.05) is 27.0 Å². The highest BCUT2D eigenvalue weighted by Gasteiger charge is 2.62. The summed E-state index contributed by atoms with van der Waals surface area (Å²) in [5.74, 6) is -0.980. The van der Waals surface area contributed by atoms with Gasteiger partial charge in [-0.2, -0.15) is 5.26 Å². The van der Waals surface area contributed by atoms with E-state index in [1.54, 1.807) is 0 Å². The van der Waals surface area contributed by atoms with Crippen LogP contribution in [0.4, 0.5) is 0 Å². The van der Waals surface area contributed by atoms with Gasteiger partial charge in [0.05, 0.1) is 22.8 Å². The number of rotatable bonds is 3. The van der Waals surface area contributed by atoms with Crippen molar-refractivity contribution >= 4 is 5.97 Å². The molecule has 0 spiro atoms. The minimum absolute atomic E-state index is 0.0931. The smallest absolute Gasteiger partial charge is 0.308 e. The van der Waals surface area contributed by atoms with Crippen molar-refractivity contribution in [1.29, 1.82) is 5.26 Å². The first-order chi connectivity index (χ1) is 7.75. The predicted molar refractivity (Wildman–Crippen MR) is 59.3 cm³/mol. The largest absolute Gasteiger partial charge is 0.481 e. The van der Waals surface area contributed by atoms with E-state index < -0.39 is 17.0 Å². The summed E-state index contributed by atoms with van der Waals surface area (Å²) in [7, 11) is 0. The third kappa shape index (κ3) is 2.00. The molecule has 6 heteroatoms. The van der Waals surface area contributed by atoms with Gasteiger partial charge in [0.1, 0.15) is 0 Å². The minimum atomic E-state index is -1.15. The van der Waals surface area contributed by atoms with Gasteiger partial charge in [-0.3, -0.25) is 4.79 Å². The standard InChI is InChI=1S/C11H15N3O3/c1-10(2,3)11(5-4-9(15)16)13(8-12)6-7-14(11)17/h6-7H,4-5H2,1-3H3/p+1. The summed E-state index contributed by atoms with van der Waals surface area (Å²) in [6.45, 7) is 5.45. The molecule has 0 aromatic carbocycles. The van der Waals surface area contributed by atoms with Gasteiger partial charge >= 0.3 is 11.6 Å². The average molecular weight is 238 g/mol. The van der Waals surface area contributed by atoms with Crippen molar-refractivity contribution in [3.05, 3.63) is 17.3 Å².